The first-order valence-electron chi connectivity index (χ1n) is 18.9. The fourth-order valence-corrected chi connectivity index (χ4v) is 7.29. The average Bonchev–Trinajstić information content (AvgIpc) is 3.88. The number of fused-ring (bicyclic) bond motifs is 2. The molecular weight excluding hydrogens is 834 g/mol. The van der Waals surface area contributed by atoms with Gasteiger partial charge < -0.3 is 10.5 Å². The molecule has 8 aromatic carbocycles. The molecule has 0 aliphatic carbocycles. The first-order valence-corrected chi connectivity index (χ1v) is 25.3. The van der Waals surface area contributed by atoms with Crippen molar-refractivity contribution in [3.63, 3.8) is 0 Å². The molecule has 2 N–H and O–H groups in total. The summed E-state index contributed by atoms with van der Waals surface area (Å²) in [6, 6.07) is 52.9. The molecule has 0 aliphatic heterocycles. The topological polar surface area (TPSA) is 58.2 Å². The van der Waals surface area contributed by atoms with Crippen LogP contribution in [0.1, 0.15) is 33.4 Å². The number of hydrogen-bond donors (Lipinski definition) is 2. The summed E-state index contributed by atoms with van der Waals surface area (Å²) in [4.78, 5) is 18.8. The van der Waals surface area contributed by atoms with Gasteiger partial charge in [0.15, 0.2) is 12.8 Å². The van der Waals surface area contributed by atoms with E-state index < -0.39 is 20.8 Å². The van der Waals surface area contributed by atoms with Crippen LogP contribution in [0.5, 0.6) is 0 Å². The predicted molar refractivity (Wildman–Crippen MR) is 245 cm³/mol. The van der Waals surface area contributed by atoms with Gasteiger partial charge in [0.2, 0.25) is 0 Å². The van der Waals surface area contributed by atoms with E-state index in [1.165, 1.54) is 99.4 Å². The Balaban J connectivity index is 0.000000180. The number of aryl methyl sites for hydroxylation is 4. The molecule has 0 saturated carbocycles. The number of carbonyl (C=O) groups excluding carboxylic acids is 2. The number of hydrogen-bond acceptors (Lipinski definition) is 2. The molecule has 0 spiro atoms. The Morgan fingerprint density at radius 2 is 0.879 bits per heavy atom. The Labute approximate surface area is 362 Å². The summed E-state index contributed by atoms with van der Waals surface area (Å²) in [5.41, 5.74) is 18.6. The van der Waals surface area contributed by atoms with Crippen molar-refractivity contribution in [3.05, 3.63) is 179 Å². The van der Waals surface area contributed by atoms with Crippen LogP contribution in [0, 0.1) is 41.5 Å². The molecule has 4 nitrogen and oxygen atoms in total. The van der Waals surface area contributed by atoms with Crippen LogP contribution < -0.4 is 10.5 Å². The molecule has 0 aliphatic rings. The van der Waals surface area contributed by atoms with E-state index in [1.807, 2.05) is 0 Å². The van der Waals surface area contributed by atoms with Crippen LogP contribution in [-0.4, -0.2) is 20.4 Å². The maximum atomic E-state index is 9.38. The first kappa shape index (κ1) is 44.1. The molecule has 0 aromatic heterocycles. The molecule has 0 heterocycles. The number of amides is 2. The third-order valence-corrected chi connectivity index (χ3v) is 10.2. The summed E-state index contributed by atoms with van der Waals surface area (Å²) in [7, 11) is 11.0. The Morgan fingerprint density at radius 1 is 0.500 bits per heavy atom. The summed E-state index contributed by atoms with van der Waals surface area (Å²) in [6.45, 7) is 13.2. The van der Waals surface area contributed by atoms with Gasteiger partial charge in [-0.15, -0.1) is 69.1 Å². The molecule has 8 aromatic rings. The third-order valence-electron chi connectivity index (χ3n) is 10.2. The van der Waals surface area contributed by atoms with Gasteiger partial charge in [0.1, 0.15) is 0 Å². The van der Waals surface area contributed by atoms with Gasteiger partial charge in [-0.1, -0.05) is 143 Å². The van der Waals surface area contributed by atoms with Gasteiger partial charge in [-0.05, 0) is 74.9 Å². The van der Waals surface area contributed by atoms with Gasteiger partial charge in [-0.3, -0.25) is 9.59 Å². The summed E-state index contributed by atoms with van der Waals surface area (Å²) in [6.07, 6.45) is 0.910. The van der Waals surface area contributed by atoms with E-state index in [9.17, 15) is 9.59 Å². The maximum absolute atomic E-state index is 9.38. The van der Waals surface area contributed by atoms with Crippen molar-refractivity contribution in [2.24, 2.45) is 0 Å². The SMILES string of the molecule is Cc1cc(C)c(C)c(-c2cccc3[cH-]c(-c4ccccc4)cc23)c1.Cc1cc(C)c(C)c(-c2cccc3[cH-]c(-c4ccccc4)cc23)c1.O=CN[B]NC=O.[Cl][Zr+2][Cl]. The average molecular weight is 880 g/mol. The van der Waals surface area contributed by atoms with Gasteiger partial charge in [0.25, 0.3) is 0 Å². The van der Waals surface area contributed by atoms with E-state index in [2.05, 4.69) is 198 Å². The van der Waals surface area contributed by atoms with E-state index in [4.69, 9.17) is 17.0 Å². The van der Waals surface area contributed by atoms with Gasteiger partial charge >= 0.3 is 45.4 Å². The van der Waals surface area contributed by atoms with E-state index >= 15 is 0 Å². The second-order valence-electron chi connectivity index (χ2n) is 14.1. The second-order valence-corrected chi connectivity index (χ2v) is 17.9. The van der Waals surface area contributed by atoms with Crippen molar-refractivity contribution in [2.75, 3.05) is 0 Å². The van der Waals surface area contributed by atoms with Gasteiger partial charge in [-0.25, -0.2) is 0 Å². The minimum atomic E-state index is -0.826. The molecule has 289 valence electrons. The number of benzene rings is 6. The number of nitrogens with one attached hydrogen (secondary N) is 2. The van der Waals surface area contributed by atoms with Crippen LogP contribution in [0.15, 0.2) is 146 Å². The molecule has 0 fully saturated rings. The predicted octanol–water partition coefficient (Wildman–Crippen LogP) is 13.0. The van der Waals surface area contributed by atoms with Gasteiger partial charge in [0, 0.05) is 0 Å². The van der Waals surface area contributed by atoms with Crippen LogP contribution in [0.2, 0.25) is 0 Å². The van der Waals surface area contributed by atoms with E-state index in [0.717, 1.165) is 7.55 Å². The Kier molecular flexibility index (Phi) is 16.5. The van der Waals surface area contributed by atoms with Crippen molar-refractivity contribution >= 4 is 58.9 Å². The van der Waals surface area contributed by atoms with Gasteiger partial charge in [-0.2, -0.15) is 0 Å². The van der Waals surface area contributed by atoms with E-state index in [1.54, 1.807) is 0 Å². The summed E-state index contributed by atoms with van der Waals surface area (Å²) >= 11 is -0.826. The van der Waals surface area contributed by atoms with Crippen molar-refractivity contribution in [2.45, 2.75) is 41.5 Å². The van der Waals surface area contributed by atoms with Crippen LogP contribution in [0.3, 0.4) is 0 Å². The summed E-state index contributed by atoms with van der Waals surface area (Å²) < 4.78 is 0. The molecule has 0 atom stereocenters. The molecule has 0 bridgehead atoms. The number of halogens is 2. The van der Waals surface area contributed by atoms with E-state index in [-0.39, 0.29) is 0 Å². The Bertz CT molecular complexity index is 2420. The Morgan fingerprint density at radius 3 is 1.24 bits per heavy atom. The molecule has 8 heteroatoms. The Hall–Kier alpha value is -4.99. The third kappa shape index (κ3) is 11.1. The van der Waals surface area contributed by atoms with Crippen molar-refractivity contribution in [1.82, 2.24) is 10.5 Å². The van der Waals surface area contributed by atoms with Crippen LogP contribution in [-0.2, 0) is 30.4 Å². The minimum absolute atomic E-state index is 0.455. The molecule has 0 saturated heterocycles. The number of rotatable bonds is 8. The summed E-state index contributed by atoms with van der Waals surface area (Å²) in [5.74, 6) is 0. The molecule has 0 unspecified atom stereocenters. The first-order chi connectivity index (χ1) is 28.1. The number of carbonyl (C=O) groups is 2. The molecule has 58 heavy (non-hydrogen) atoms. The van der Waals surface area contributed by atoms with Gasteiger partial charge in [0.05, 0.1) is 0 Å². The van der Waals surface area contributed by atoms with Crippen molar-refractivity contribution in [1.29, 1.82) is 0 Å². The zero-order valence-corrected chi connectivity index (χ0v) is 37.6. The molecule has 2 amide bonds. The van der Waals surface area contributed by atoms with Crippen LogP contribution in [0.4, 0.5) is 0 Å². The van der Waals surface area contributed by atoms with E-state index in [0.29, 0.717) is 12.8 Å². The van der Waals surface area contributed by atoms with Crippen LogP contribution >= 0.6 is 17.0 Å². The van der Waals surface area contributed by atoms with Crippen LogP contribution in [0.25, 0.3) is 66.1 Å². The molecule has 1 radical (unpaired) electrons. The standard InChI is InChI=1S/2C24H21.C2H4BN2O2.2ClH.Zr/c2*1-16-12-17(2)18(3)23(13-16)22-11-7-10-20-14-21(15-24(20)22)19-8-5-4-6-9-19;6-1-4-3-5-2-7;;;/h2*4-15H,1-3H3;1-2H,(H,4,6)(H,5,7);2*1H;/q2*-1;;;;+4/p-2. The quantitative estimate of drug-likeness (QED) is 0.0691. The molecule has 8 rings (SSSR count). The normalized spacial score (nSPS) is 10.1. The second kappa shape index (κ2) is 21.7. The molecular formula is C50H46BCl2N2O2Zr. The van der Waals surface area contributed by atoms with Crippen molar-refractivity contribution < 1.29 is 30.4 Å². The summed E-state index contributed by atoms with van der Waals surface area (Å²) in [5, 5.41) is 9.50. The monoisotopic (exact) mass is 877 g/mol. The fourth-order valence-electron chi connectivity index (χ4n) is 7.29. The van der Waals surface area contributed by atoms with Crippen molar-refractivity contribution in [3.8, 4) is 44.5 Å². The zero-order valence-electron chi connectivity index (χ0n) is 33.7. The zero-order chi connectivity index (χ0) is 41.6. The fraction of sp³-hybridized carbons (Fsp3) is 0.120.